The van der Waals surface area contributed by atoms with Crippen LogP contribution in [0.1, 0.15) is 53.4 Å². The lowest BCUT2D eigenvalue weighted by molar-refractivity contribution is -0.122. The molecular formula is C14H28N2O. The van der Waals surface area contributed by atoms with E-state index in [0.717, 1.165) is 19.5 Å². The van der Waals surface area contributed by atoms with E-state index in [2.05, 4.69) is 38.3 Å². The molecule has 3 nitrogen and oxygen atoms in total. The van der Waals surface area contributed by atoms with E-state index in [0.29, 0.717) is 18.4 Å². The number of hydrogen-bond acceptors (Lipinski definition) is 2. The molecule has 1 heterocycles. The maximum absolute atomic E-state index is 11.7. The van der Waals surface area contributed by atoms with Crippen LogP contribution in [0.15, 0.2) is 0 Å². The fourth-order valence-corrected chi connectivity index (χ4v) is 2.05. The predicted molar refractivity (Wildman–Crippen MR) is 71.9 cm³/mol. The Morgan fingerprint density at radius 3 is 2.71 bits per heavy atom. The summed E-state index contributed by atoms with van der Waals surface area (Å²) in [7, 11) is 0. The Kier molecular flexibility index (Phi) is 5.44. The van der Waals surface area contributed by atoms with E-state index >= 15 is 0 Å². The molecule has 0 aromatic heterocycles. The molecule has 2 N–H and O–H groups in total. The minimum absolute atomic E-state index is 0.199. The molecule has 1 fully saturated rings. The summed E-state index contributed by atoms with van der Waals surface area (Å²) in [5.74, 6) is 0.623. The molecule has 0 spiro atoms. The van der Waals surface area contributed by atoms with Crippen molar-refractivity contribution in [1.29, 1.82) is 0 Å². The zero-order chi connectivity index (χ0) is 12.9. The second kappa shape index (κ2) is 6.39. The predicted octanol–water partition coefficient (Wildman–Crippen LogP) is 2.32. The normalized spacial score (nSPS) is 22.5. The first-order chi connectivity index (χ1) is 7.89. The first-order valence-corrected chi connectivity index (χ1v) is 6.89. The first-order valence-electron chi connectivity index (χ1n) is 6.89. The van der Waals surface area contributed by atoms with E-state index in [-0.39, 0.29) is 11.3 Å². The van der Waals surface area contributed by atoms with E-state index in [1.807, 2.05) is 0 Å². The third kappa shape index (κ3) is 5.53. The highest BCUT2D eigenvalue weighted by molar-refractivity contribution is 5.76. The molecule has 0 saturated carbocycles. The first kappa shape index (κ1) is 14.5. The summed E-state index contributed by atoms with van der Waals surface area (Å²) in [5.41, 5.74) is 0.213. The molecule has 1 aliphatic rings. The Morgan fingerprint density at radius 2 is 2.18 bits per heavy atom. The van der Waals surface area contributed by atoms with Gasteiger partial charge in [-0.25, -0.2) is 0 Å². The van der Waals surface area contributed by atoms with Crippen LogP contribution in [0.2, 0.25) is 0 Å². The van der Waals surface area contributed by atoms with Gasteiger partial charge in [-0.15, -0.1) is 0 Å². The van der Waals surface area contributed by atoms with Gasteiger partial charge in [-0.3, -0.25) is 4.79 Å². The van der Waals surface area contributed by atoms with E-state index < -0.39 is 0 Å². The molecule has 0 aromatic rings. The van der Waals surface area contributed by atoms with Crippen molar-refractivity contribution in [1.82, 2.24) is 10.6 Å². The lowest BCUT2D eigenvalue weighted by Crippen LogP contribution is -2.32. The van der Waals surface area contributed by atoms with E-state index in [1.165, 1.54) is 12.8 Å². The number of amides is 1. The third-order valence-electron chi connectivity index (χ3n) is 3.95. The zero-order valence-electron chi connectivity index (χ0n) is 11.8. The zero-order valence-corrected chi connectivity index (χ0v) is 11.8. The fourth-order valence-electron chi connectivity index (χ4n) is 2.05. The molecule has 1 unspecified atom stereocenters. The molecule has 17 heavy (non-hydrogen) atoms. The van der Waals surface area contributed by atoms with Crippen LogP contribution in [0.3, 0.4) is 0 Å². The molecule has 1 aliphatic heterocycles. The van der Waals surface area contributed by atoms with Crippen molar-refractivity contribution < 1.29 is 4.79 Å². The van der Waals surface area contributed by atoms with Gasteiger partial charge in [0.05, 0.1) is 0 Å². The SMILES string of the molecule is CC(CC(=O)NCC[C@@H]1CCCN1)C(C)(C)C. The van der Waals surface area contributed by atoms with Crippen molar-refractivity contribution in [2.75, 3.05) is 13.1 Å². The maximum atomic E-state index is 11.7. The Hall–Kier alpha value is -0.570. The molecule has 0 radical (unpaired) electrons. The quantitative estimate of drug-likeness (QED) is 0.774. The number of rotatable bonds is 5. The molecule has 1 saturated heterocycles. The number of carbonyl (C=O) groups is 1. The number of carbonyl (C=O) groups excluding carboxylic acids is 1. The van der Waals surface area contributed by atoms with Gasteiger partial charge >= 0.3 is 0 Å². The van der Waals surface area contributed by atoms with E-state index in [1.54, 1.807) is 0 Å². The second-order valence-corrected chi connectivity index (χ2v) is 6.40. The summed E-state index contributed by atoms with van der Waals surface area (Å²) in [6, 6.07) is 0.621. The third-order valence-corrected chi connectivity index (χ3v) is 3.95. The van der Waals surface area contributed by atoms with Crippen LogP contribution in [0.4, 0.5) is 0 Å². The van der Waals surface area contributed by atoms with Crippen LogP contribution >= 0.6 is 0 Å². The van der Waals surface area contributed by atoms with Crippen molar-refractivity contribution in [3.05, 3.63) is 0 Å². The molecule has 100 valence electrons. The van der Waals surface area contributed by atoms with Crippen LogP contribution in [-0.2, 0) is 4.79 Å². The molecule has 1 amide bonds. The second-order valence-electron chi connectivity index (χ2n) is 6.40. The summed E-state index contributed by atoms with van der Waals surface area (Å²) < 4.78 is 0. The smallest absolute Gasteiger partial charge is 0.220 e. The van der Waals surface area contributed by atoms with Gasteiger partial charge in [0.15, 0.2) is 0 Å². The van der Waals surface area contributed by atoms with E-state index in [9.17, 15) is 4.79 Å². The highest BCUT2D eigenvalue weighted by Crippen LogP contribution is 2.27. The van der Waals surface area contributed by atoms with Gasteiger partial charge in [-0.2, -0.15) is 0 Å². The fraction of sp³-hybridized carbons (Fsp3) is 0.929. The van der Waals surface area contributed by atoms with Crippen LogP contribution in [0.5, 0.6) is 0 Å². The minimum Gasteiger partial charge on any atom is -0.356 e. The van der Waals surface area contributed by atoms with Crippen LogP contribution in [0.25, 0.3) is 0 Å². The molecular weight excluding hydrogens is 212 g/mol. The lowest BCUT2D eigenvalue weighted by atomic mass is 9.80. The summed E-state index contributed by atoms with van der Waals surface area (Å²) in [5, 5.41) is 6.48. The van der Waals surface area contributed by atoms with Crippen molar-refractivity contribution >= 4 is 5.91 Å². The molecule has 1 rings (SSSR count). The molecule has 0 bridgehead atoms. The van der Waals surface area contributed by atoms with Gasteiger partial charge in [-0.1, -0.05) is 27.7 Å². The Morgan fingerprint density at radius 1 is 1.47 bits per heavy atom. The van der Waals surface area contributed by atoms with Crippen molar-refractivity contribution in [2.45, 2.75) is 59.4 Å². The lowest BCUT2D eigenvalue weighted by Gasteiger charge is -2.26. The highest BCUT2D eigenvalue weighted by Gasteiger charge is 2.22. The Labute approximate surface area is 106 Å². The van der Waals surface area contributed by atoms with Crippen molar-refractivity contribution in [3.63, 3.8) is 0 Å². The largest absolute Gasteiger partial charge is 0.356 e. The topological polar surface area (TPSA) is 41.1 Å². The Balaban J connectivity index is 2.12. The van der Waals surface area contributed by atoms with Crippen molar-refractivity contribution in [3.8, 4) is 0 Å². The van der Waals surface area contributed by atoms with Crippen LogP contribution in [-0.4, -0.2) is 25.0 Å². The number of hydrogen-bond donors (Lipinski definition) is 2. The summed E-state index contributed by atoms with van der Waals surface area (Å²) in [6.45, 7) is 10.7. The van der Waals surface area contributed by atoms with Crippen LogP contribution in [0, 0.1) is 11.3 Å². The van der Waals surface area contributed by atoms with Crippen LogP contribution < -0.4 is 10.6 Å². The van der Waals surface area contributed by atoms with Gasteiger partial charge in [0.1, 0.15) is 0 Å². The molecule has 0 aromatic carbocycles. The Bertz CT molecular complexity index is 239. The van der Waals surface area contributed by atoms with Gasteiger partial charge in [-0.05, 0) is 37.1 Å². The minimum atomic E-state index is 0.199. The molecule has 2 atom stereocenters. The van der Waals surface area contributed by atoms with Gasteiger partial charge in [0, 0.05) is 19.0 Å². The summed E-state index contributed by atoms with van der Waals surface area (Å²) in [4.78, 5) is 11.7. The highest BCUT2D eigenvalue weighted by atomic mass is 16.1. The van der Waals surface area contributed by atoms with E-state index in [4.69, 9.17) is 0 Å². The summed E-state index contributed by atoms with van der Waals surface area (Å²) in [6.07, 6.45) is 4.24. The van der Waals surface area contributed by atoms with Crippen molar-refractivity contribution in [2.24, 2.45) is 11.3 Å². The summed E-state index contributed by atoms with van der Waals surface area (Å²) >= 11 is 0. The standard InChI is InChI=1S/C14H28N2O/c1-11(14(2,3)4)10-13(17)16-9-7-12-6-5-8-15-12/h11-12,15H,5-10H2,1-4H3,(H,16,17)/t11?,12-/m0/s1. The van der Waals surface area contributed by atoms with Gasteiger partial charge in [0.2, 0.25) is 5.91 Å². The molecule has 0 aliphatic carbocycles. The monoisotopic (exact) mass is 240 g/mol. The molecule has 3 heteroatoms. The number of nitrogens with one attached hydrogen (secondary N) is 2. The van der Waals surface area contributed by atoms with Gasteiger partial charge < -0.3 is 10.6 Å². The average molecular weight is 240 g/mol. The maximum Gasteiger partial charge on any atom is 0.220 e. The average Bonchev–Trinajstić information content (AvgIpc) is 2.69. The van der Waals surface area contributed by atoms with Gasteiger partial charge in [0.25, 0.3) is 0 Å².